The molecule has 2 aromatic rings. The lowest BCUT2D eigenvalue weighted by Gasteiger charge is -2.29. The van der Waals surface area contributed by atoms with Crippen LogP contribution in [0.2, 0.25) is 0 Å². The first-order chi connectivity index (χ1) is 8.79. The van der Waals surface area contributed by atoms with Crippen molar-refractivity contribution in [3.05, 3.63) is 29.6 Å². The third kappa shape index (κ3) is 1.81. The van der Waals surface area contributed by atoms with Crippen LogP contribution in [0, 0.1) is 0 Å². The standard InChI is InChI=1S/C13H16N4O/c14-17-5-2-9(3-6-17)11-1-4-15-13-12(11)10(8-18)7-16-13/h1,4,7-9H,2-3,5-6,14H2,(H,15,16). The molecule has 1 saturated heterocycles. The van der Waals surface area contributed by atoms with Crippen molar-refractivity contribution in [3.8, 4) is 0 Å². The van der Waals surface area contributed by atoms with E-state index in [1.165, 1.54) is 5.56 Å². The molecule has 0 aromatic carbocycles. The van der Waals surface area contributed by atoms with Gasteiger partial charge in [-0.15, -0.1) is 0 Å². The van der Waals surface area contributed by atoms with E-state index >= 15 is 0 Å². The number of piperidine rings is 1. The van der Waals surface area contributed by atoms with Gasteiger partial charge in [0.1, 0.15) is 5.65 Å². The number of nitrogens with one attached hydrogen (secondary N) is 1. The number of hydrazine groups is 1. The highest BCUT2D eigenvalue weighted by Crippen LogP contribution is 2.32. The minimum Gasteiger partial charge on any atom is -0.345 e. The topological polar surface area (TPSA) is 75.0 Å². The van der Waals surface area contributed by atoms with Crippen molar-refractivity contribution >= 4 is 17.3 Å². The summed E-state index contributed by atoms with van der Waals surface area (Å²) in [6.07, 6.45) is 6.48. The maximum Gasteiger partial charge on any atom is 0.152 e. The average Bonchev–Trinajstić information content (AvgIpc) is 2.82. The van der Waals surface area contributed by atoms with Crippen LogP contribution < -0.4 is 5.84 Å². The van der Waals surface area contributed by atoms with E-state index < -0.39 is 0 Å². The maximum atomic E-state index is 11.1. The van der Waals surface area contributed by atoms with E-state index in [0.717, 1.165) is 43.3 Å². The zero-order chi connectivity index (χ0) is 12.5. The van der Waals surface area contributed by atoms with Crippen LogP contribution in [0.4, 0.5) is 0 Å². The molecule has 0 saturated carbocycles. The summed E-state index contributed by atoms with van der Waals surface area (Å²) in [7, 11) is 0. The summed E-state index contributed by atoms with van der Waals surface area (Å²) in [4.78, 5) is 18.4. The third-order valence-electron chi connectivity index (χ3n) is 3.73. The molecule has 0 spiro atoms. The number of hydrogen-bond acceptors (Lipinski definition) is 4. The van der Waals surface area contributed by atoms with Gasteiger partial charge in [0.05, 0.1) is 0 Å². The molecule has 5 heteroatoms. The smallest absolute Gasteiger partial charge is 0.152 e. The molecule has 3 heterocycles. The highest BCUT2D eigenvalue weighted by atomic mass is 16.1. The number of pyridine rings is 1. The Morgan fingerprint density at radius 1 is 1.44 bits per heavy atom. The first-order valence-corrected chi connectivity index (χ1v) is 6.20. The Morgan fingerprint density at radius 3 is 2.94 bits per heavy atom. The van der Waals surface area contributed by atoms with Crippen LogP contribution in [0.1, 0.15) is 34.7 Å². The molecule has 0 atom stereocenters. The molecule has 1 aliphatic heterocycles. The van der Waals surface area contributed by atoms with Crippen molar-refractivity contribution in [2.75, 3.05) is 13.1 Å². The van der Waals surface area contributed by atoms with Crippen LogP contribution in [-0.2, 0) is 0 Å². The Labute approximate surface area is 105 Å². The summed E-state index contributed by atoms with van der Waals surface area (Å²) in [6, 6.07) is 2.03. The van der Waals surface area contributed by atoms with Gasteiger partial charge in [0.2, 0.25) is 0 Å². The van der Waals surface area contributed by atoms with Gasteiger partial charge < -0.3 is 4.98 Å². The number of aldehydes is 1. The Hall–Kier alpha value is -1.72. The Morgan fingerprint density at radius 2 is 2.22 bits per heavy atom. The van der Waals surface area contributed by atoms with E-state index in [1.54, 1.807) is 12.4 Å². The number of carbonyl (C=O) groups is 1. The number of aromatic nitrogens is 2. The minimum atomic E-state index is 0.463. The van der Waals surface area contributed by atoms with Crippen molar-refractivity contribution in [2.24, 2.45) is 5.84 Å². The highest BCUT2D eigenvalue weighted by molar-refractivity contribution is 5.97. The van der Waals surface area contributed by atoms with E-state index in [9.17, 15) is 4.79 Å². The molecular formula is C13H16N4O. The molecular weight excluding hydrogens is 228 g/mol. The predicted molar refractivity (Wildman–Crippen MR) is 69.2 cm³/mol. The molecule has 94 valence electrons. The SMILES string of the molecule is NN1CCC(c2ccnc3[nH]cc(C=O)c23)CC1. The summed E-state index contributed by atoms with van der Waals surface area (Å²) in [5.41, 5.74) is 2.71. The van der Waals surface area contributed by atoms with Gasteiger partial charge in [0, 0.05) is 36.4 Å². The monoisotopic (exact) mass is 244 g/mol. The molecule has 2 aromatic heterocycles. The maximum absolute atomic E-state index is 11.1. The second-order valence-electron chi connectivity index (χ2n) is 4.80. The minimum absolute atomic E-state index is 0.463. The largest absolute Gasteiger partial charge is 0.345 e. The van der Waals surface area contributed by atoms with Gasteiger partial charge in [-0.05, 0) is 30.4 Å². The molecule has 3 N–H and O–H groups in total. The van der Waals surface area contributed by atoms with Crippen LogP contribution >= 0.6 is 0 Å². The molecule has 0 bridgehead atoms. The van der Waals surface area contributed by atoms with Crippen molar-refractivity contribution in [1.82, 2.24) is 15.0 Å². The summed E-state index contributed by atoms with van der Waals surface area (Å²) in [5, 5.41) is 2.83. The first-order valence-electron chi connectivity index (χ1n) is 6.20. The fraction of sp³-hybridized carbons (Fsp3) is 0.385. The van der Waals surface area contributed by atoms with Crippen molar-refractivity contribution < 1.29 is 4.79 Å². The predicted octanol–water partition coefficient (Wildman–Crippen LogP) is 1.43. The second-order valence-corrected chi connectivity index (χ2v) is 4.80. The molecule has 0 amide bonds. The average molecular weight is 244 g/mol. The van der Waals surface area contributed by atoms with Gasteiger partial charge in [-0.3, -0.25) is 10.6 Å². The van der Waals surface area contributed by atoms with E-state index in [4.69, 9.17) is 5.84 Å². The normalized spacial score (nSPS) is 18.3. The van der Waals surface area contributed by atoms with Crippen LogP contribution in [0.5, 0.6) is 0 Å². The lowest BCUT2D eigenvalue weighted by molar-refractivity contribution is 0.112. The Balaban J connectivity index is 2.05. The second kappa shape index (κ2) is 4.51. The van der Waals surface area contributed by atoms with Gasteiger partial charge in [-0.25, -0.2) is 9.99 Å². The highest BCUT2D eigenvalue weighted by Gasteiger charge is 2.22. The van der Waals surface area contributed by atoms with E-state index in [-0.39, 0.29) is 0 Å². The zero-order valence-corrected chi connectivity index (χ0v) is 10.1. The number of H-pyrrole nitrogens is 1. The molecule has 1 fully saturated rings. The fourth-order valence-electron chi connectivity index (χ4n) is 2.75. The number of nitrogens with two attached hydrogens (primary N) is 1. The van der Waals surface area contributed by atoms with Crippen LogP contribution in [0.25, 0.3) is 11.0 Å². The summed E-state index contributed by atoms with van der Waals surface area (Å²) in [5.74, 6) is 6.25. The van der Waals surface area contributed by atoms with Crippen LogP contribution in [-0.4, -0.2) is 34.4 Å². The molecule has 1 aliphatic rings. The van der Waals surface area contributed by atoms with E-state index in [1.807, 2.05) is 11.1 Å². The fourth-order valence-corrected chi connectivity index (χ4v) is 2.75. The lowest BCUT2D eigenvalue weighted by atomic mass is 9.88. The number of hydrogen-bond donors (Lipinski definition) is 2. The van der Waals surface area contributed by atoms with Gasteiger partial charge in [0.15, 0.2) is 6.29 Å². The first kappa shape index (κ1) is 11.4. The molecule has 5 nitrogen and oxygen atoms in total. The molecule has 0 aliphatic carbocycles. The third-order valence-corrected chi connectivity index (χ3v) is 3.73. The number of fused-ring (bicyclic) bond motifs is 1. The van der Waals surface area contributed by atoms with Gasteiger partial charge in [-0.2, -0.15) is 0 Å². The number of carbonyl (C=O) groups excluding carboxylic acids is 1. The number of aromatic amines is 1. The molecule has 18 heavy (non-hydrogen) atoms. The summed E-state index contributed by atoms with van der Waals surface area (Å²) >= 11 is 0. The summed E-state index contributed by atoms with van der Waals surface area (Å²) in [6.45, 7) is 1.80. The van der Waals surface area contributed by atoms with Crippen molar-refractivity contribution in [2.45, 2.75) is 18.8 Å². The van der Waals surface area contributed by atoms with Gasteiger partial charge >= 0.3 is 0 Å². The Bertz CT molecular complexity index is 569. The summed E-state index contributed by atoms with van der Waals surface area (Å²) < 4.78 is 0. The molecule has 3 rings (SSSR count). The van der Waals surface area contributed by atoms with Crippen molar-refractivity contribution in [1.29, 1.82) is 0 Å². The Kier molecular flexibility index (Phi) is 2.85. The molecule has 0 radical (unpaired) electrons. The van der Waals surface area contributed by atoms with Gasteiger partial charge in [-0.1, -0.05) is 0 Å². The zero-order valence-electron chi connectivity index (χ0n) is 10.1. The van der Waals surface area contributed by atoms with E-state index in [0.29, 0.717) is 11.5 Å². The lowest BCUT2D eigenvalue weighted by Crippen LogP contribution is -2.38. The quantitative estimate of drug-likeness (QED) is 0.619. The number of rotatable bonds is 2. The van der Waals surface area contributed by atoms with Crippen LogP contribution in [0.3, 0.4) is 0 Å². The van der Waals surface area contributed by atoms with E-state index in [2.05, 4.69) is 9.97 Å². The number of nitrogens with zero attached hydrogens (tertiary/aromatic N) is 2. The van der Waals surface area contributed by atoms with Crippen LogP contribution in [0.15, 0.2) is 18.5 Å². The van der Waals surface area contributed by atoms with Gasteiger partial charge in [0.25, 0.3) is 0 Å². The molecule has 0 unspecified atom stereocenters. The van der Waals surface area contributed by atoms with Crippen molar-refractivity contribution in [3.63, 3.8) is 0 Å².